The molecule has 0 saturated heterocycles. The molecule has 3 amide bonds. The zero-order valence-electron chi connectivity index (χ0n) is 18.6. The number of rotatable bonds is 9. The number of aromatic hydroxyl groups is 1. The summed E-state index contributed by atoms with van der Waals surface area (Å²) in [6, 6.07) is 11.8. The number of hydrogen-bond acceptors (Lipinski definition) is 8. The Kier molecular flexibility index (Phi) is 7.82. The third-order valence-electron chi connectivity index (χ3n) is 5.01. The summed E-state index contributed by atoms with van der Waals surface area (Å²) in [5, 5.41) is 12.5. The second kappa shape index (κ2) is 10.8. The molecule has 34 heavy (non-hydrogen) atoms. The Bertz CT molecular complexity index is 1180. The molecule has 1 aromatic heterocycles. The zero-order chi connectivity index (χ0) is 24.8. The standard InChI is InChI=1S/C23H25N5O5S/c1-13-3-7-15(8-4-13)28(23(32)20-17(24)18(21(25)30)27-34-20)19(22(31)26-11-12-33-2)14-5-9-16(29)10-6-14/h3-10,19,29H,11-12,24H2,1-2H3,(H2,25,30)(H,26,31)/t19-/m0/s1. The molecule has 6 N–H and O–H groups in total. The van der Waals surface area contributed by atoms with Crippen molar-refractivity contribution in [2.24, 2.45) is 5.73 Å². The smallest absolute Gasteiger partial charge is 0.273 e. The molecule has 0 spiro atoms. The van der Waals surface area contributed by atoms with E-state index in [-0.39, 0.29) is 35.2 Å². The number of benzene rings is 2. The molecule has 1 heterocycles. The predicted octanol–water partition coefficient (Wildman–Crippen LogP) is 1.99. The SMILES string of the molecule is COCCNC(=O)[C@H](c1ccc(O)cc1)N(C(=O)c1snc(C(N)=O)c1N)c1ccc(C)cc1. The molecule has 3 rings (SSSR count). The summed E-state index contributed by atoms with van der Waals surface area (Å²) < 4.78 is 8.93. The Morgan fingerprint density at radius 2 is 1.79 bits per heavy atom. The minimum atomic E-state index is -1.13. The van der Waals surface area contributed by atoms with E-state index in [1.807, 2.05) is 6.92 Å². The Morgan fingerprint density at radius 1 is 1.15 bits per heavy atom. The van der Waals surface area contributed by atoms with Crippen LogP contribution in [0, 0.1) is 6.92 Å². The molecule has 1 atom stereocenters. The molecule has 0 radical (unpaired) electrons. The minimum Gasteiger partial charge on any atom is -0.508 e. The number of ether oxygens (including phenoxy) is 1. The fourth-order valence-electron chi connectivity index (χ4n) is 3.27. The van der Waals surface area contributed by atoms with Gasteiger partial charge in [-0.1, -0.05) is 29.8 Å². The summed E-state index contributed by atoms with van der Waals surface area (Å²) >= 11 is 0.728. The minimum absolute atomic E-state index is 0.00769. The van der Waals surface area contributed by atoms with Gasteiger partial charge >= 0.3 is 0 Å². The highest BCUT2D eigenvalue weighted by atomic mass is 32.1. The average Bonchev–Trinajstić information content (AvgIpc) is 3.20. The van der Waals surface area contributed by atoms with Gasteiger partial charge in [0, 0.05) is 19.3 Å². The number of hydrogen-bond donors (Lipinski definition) is 4. The highest BCUT2D eigenvalue weighted by molar-refractivity contribution is 7.09. The number of nitrogens with one attached hydrogen (secondary N) is 1. The number of amides is 3. The molecule has 0 fully saturated rings. The van der Waals surface area contributed by atoms with E-state index >= 15 is 0 Å². The van der Waals surface area contributed by atoms with Crippen LogP contribution in [0.15, 0.2) is 48.5 Å². The number of carbonyl (C=O) groups excluding carboxylic acids is 3. The summed E-state index contributed by atoms with van der Waals surface area (Å²) in [6.45, 7) is 2.38. The van der Waals surface area contributed by atoms with E-state index in [4.69, 9.17) is 16.2 Å². The molecule has 0 saturated carbocycles. The largest absolute Gasteiger partial charge is 0.508 e. The molecule has 0 unspecified atom stereocenters. The van der Waals surface area contributed by atoms with Crippen LogP contribution in [-0.4, -0.2) is 47.5 Å². The van der Waals surface area contributed by atoms with Crippen molar-refractivity contribution < 1.29 is 24.2 Å². The van der Waals surface area contributed by atoms with E-state index in [9.17, 15) is 19.5 Å². The van der Waals surface area contributed by atoms with Gasteiger partial charge in [-0.2, -0.15) is 4.37 Å². The first kappa shape index (κ1) is 24.7. The van der Waals surface area contributed by atoms with Crippen LogP contribution in [0.4, 0.5) is 11.4 Å². The molecule has 10 nitrogen and oxygen atoms in total. The van der Waals surface area contributed by atoms with Crippen LogP contribution in [0.2, 0.25) is 0 Å². The number of primary amides is 1. The summed E-state index contributed by atoms with van der Waals surface area (Å²) in [5.74, 6) is -1.96. The summed E-state index contributed by atoms with van der Waals surface area (Å²) in [6.07, 6.45) is 0. The number of nitrogens with zero attached hydrogens (tertiary/aromatic N) is 2. The third-order valence-corrected chi connectivity index (χ3v) is 5.86. The highest BCUT2D eigenvalue weighted by Gasteiger charge is 2.36. The van der Waals surface area contributed by atoms with Gasteiger partial charge in [0.2, 0.25) is 5.91 Å². The monoisotopic (exact) mass is 483 g/mol. The van der Waals surface area contributed by atoms with Crippen LogP contribution in [0.3, 0.4) is 0 Å². The molecule has 0 aliphatic carbocycles. The number of anilines is 2. The molecule has 178 valence electrons. The highest BCUT2D eigenvalue weighted by Crippen LogP contribution is 2.33. The van der Waals surface area contributed by atoms with E-state index in [1.54, 1.807) is 36.4 Å². The number of methoxy groups -OCH3 is 1. The number of nitrogen functional groups attached to an aromatic ring is 1. The van der Waals surface area contributed by atoms with Gasteiger partial charge in [0.1, 0.15) is 16.7 Å². The van der Waals surface area contributed by atoms with Gasteiger partial charge in [-0.05, 0) is 48.3 Å². The van der Waals surface area contributed by atoms with E-state index in [0.717, 1.165) is 17.1 Å². The topological polar surface area (TPSA) is 161 Å². The normalized spacial score (nSPS) is 11.6. The maximum absolute atomic E-state index is 13.8. The van der Waals surface area contributed by atoms with Gasteiger partial charge in [0.25, 0.3) is 11.8 Å². The van der Waals surface area contributed by atoms with Crippen molar-refractivity contribution in [2.75, 3.05) is 30.9 Å². The Labute approximate surface area is 200 Å². The molecule has 0 bridgehead atoms. The zero-order valence-corrected chi connectivity index (χ0v) is 19.5. The van der Waals surface area contributed by atoms with E-state index < -0.39 is 23.8 Å². The van der Waals surface area contributed by atoms with Crippen LogP contribution in [0.1, 0.15) is 37.3 Å². The van der Waals surface area contributed by atoms with Gasteiger partial charge < -0.3 is 26.6 Å². The molecule has 3 aromatic rings. The number of nitrogens with two attached hydrogens (primary N) is 2. The fraction of sp³-hybridized carbons (Fsp3) is 0.217. The van der Waals surface area contributed by atoms with Crippen LogP contribution in [-0.2, 0) is 9.53 Å². The summed E-state index contributed by atoms with van der Waals surface area (Å²) in [5.41, 5.74) is 12.8. The summed E-state index contributed by atoms with van der Waals surface area (Å²) in [4.78, 5) is 40.1. The Balaban J connectivity index is 2.16. The Hall–Kier alpha value is -3.96. The lowest BCUT2D eigenvalue weighted by atomic mass is 10.0. The van der Waals surface area contributed by atoms with Crippen molar-refractivity contribution >= 4 is 40.6 Å². The third kappa shape index (κ3) is 5.33. The molecular weight excluding hydrogens is 458 g/mol. The van der Waals surface area contributed by atoms with Gasteiger partial charge in [-0.3, -0.25) is 19.3 Å². The van der Waals surface area contributed by atoms with Gasteiger partial charge in [-0.15, -0.1) is 0 Å². The first-order valence-electron chi connectivity index (χ1n) is 10.2. The van der Waals surface area contributed by atoms with Gasteiger partial charge in [0.15, 0.2) is 5.69 Å². The Morgan fingerprint density at radius 3 is 2.35 bits per heavy atom. The van der Waals surface area contributed by atoms with Crippen molar-refractivity contribution in [3.8, 4) is 5.75 Å². The van der Waals surface area contributed by atoms with Crippen LogP contribution in [0.5, 0.6) is 5.75 Å². The van der Waals surface area contributed by atoms with Gasteiger partial charge in [0.05, 0.1) is 12.3 Å². The number of carbonyl (C=O) groups is 3. The lowest BCUT2D eigenvalue weighted by molar-refractivity contribution is -0.122. The second-order valence-corrected chi connectivity index (χ2v) is 8.20. The van der Waals surface area contributed by atoms with Crippen LogP contribution < -0.4 is 21.7 Å². The molecule has 11 heteroatoms. The van der Waals surface area contributed by atoms with Crippen molar-refractivity contribution in [3.05, 3.63) is 70.2 Å². The molecular formula is C23H25N5O5S. The number of phenols is 1. The van der Waals surface area contributed by atoms with Gasteiger partial charge in [-0.25, -0.2) is 0 Å². The number of phenolic OH excluding ortho intramolecular Hbond substituents is 1. The lowest BCUT2D eigenvalue weighted by Crippen LogP contribution is -2.44. The molecule has 0 aliphatic heterocycles. The van der Waals surface area contributed by atoms with Crippen molar-refractivity contribution in [1.29, 1.82) is 0 Å². The first-order valence-corrected chi connectivity index (χ1v) is 11.0. The fourth-order valence-corrected chi connectivity index (χ4v) is 4.02. The van der Waals surface area contributed by atoms with E-state index in [0.29, 0.717) is 11.3 Å². The van der Waals surface area contributed by atoms with Crippen LogP contribution >= 0.6 is 11.5 Å². The van der Waals surface area contributed by atoms with Crippen molar-refractivity contribution in [1.82, 2.24) is 9.69 Å². The molecule has 0 aliphatic rings. The number of aryl methyl sites for hydroxylation is 1. The van der Waals surface area contributed by atoms with Crippen molar-refractivity contribution in [2.45, 2.75) is 13.0 Å². The average molecular weight is 484 g/mol. The predicted molar refractivity (Wildman–Crippen MR) is 129 cm³/mol. The lowest BCUT2D eigenvalue weighted by Gasteiger charge is -2.31. The van der Waals surface area contributed by atoms with Crippen LogP contribution in [0.25, 0.3) is 0 Å². The molecule has 2 aromatic carbocycles. The number of aromatic nitrogens is 1. The van der Waals surface area contributed by atoms with Crippen molar-refractivity contribution in [3.63, 3.8) is 0 Å². The van der Waals surface area contributed by atoms with E-state index in [1.165, 1.54) is 24.1 Å². The maximum Gasteiger partial charge on any atom is 0.273 e. The van der Waals surface area contributed by atoms with E-state index in [2.05, 4.69) is 9.69 Å². The summed E-state index contributed by atoms with van der Waals surface area (Å²) in [7, 11) is 1.51. The second-order valence-electron chi connectivity index (χ2n) is 7.43. The maximum atomic E-state index is 13.8. The first-order chi connectivity index (χ1) is 16.2. The quantitative estimate of drug-likeness (QED) is 0.338.